The van der Waals surface area contributed by atoms with Crippen molar-refractivity contribution in [2.45, 2.75) is 26.3 Å². The van der Waals surface area contributed by atoms with Crippen LogP contribution in [0, 0.1) is 11.7 Å². The van der Waals surface area contributed by atoms with Crippen LogP contribution in [0.1, 0.15) is 20.8 Å². The second-order valence-electron chi connectivity index (χ2n) is 5.19. The normalized spacial score (nSPS) is 13.9. The van der Waals surface area contributed by atoms with E-state index in [0.29, 0.717) is 11.0 Å². The molecule has 112 valence electrons. The van der Waals surface area contributed by atoms with Gasteiger partial charge in [-0.25, -0.2) is 4.39 Å². The molecule has 0 saturated carbocycles. The summed E-state index contributed by atoms with van der Waals surface area (Å²) in [6.45, 7) is 5.89. The quantitative estimate of drug-likeness (QED) is 0.831. The number of carbonyl (C=O) groups is 1. The van der Waals surface area contributed by atoms with Gasteiger partial charge in [0.25, 0.3) is 5.91 Å². The number of nitrogens with one attached hydrogen (secondary N) is 1. The molecular formula is C14H20BrFN2O2. The number of hydrogen-bond acceptors (Lipinski definition) is 3. The Balaban J connectivity index is 2.59. The molecule has 20 heavy (non-hydrogen) atoms. The highest BCUT2D eigenvalue weighted by molar-refractivity contribution is 9.10. The van der Waals surface area contributed by atoms with Gasteiger partial charge >= 0.3 is 0 Å². The lowest BCUT2D eigenvalue weighted by Crippen LogP contribution is -2.56. The lowest BCUT2D eigenvalue weighted by Gasteiger charge is -2.33. The standard InChI is InChI=1S/C14H20BrFN2O2/c1-9(2)14(3,8-17)18-13(19)7-20-12-5-4-10(15)6-11(12)16/h4-6,9H,7-8,17H2,1-3H3,(H,18,19). The molecule has 3 N–H and O–H groups in total. The average Bonchev–Trinajstić information content (AvgIpc) is 2.37. The van der Waals surface area contributed by atoms with E-state index in [1.807, 2.05) is 20.8 Å². The third-order valence-electron chi connectivity index (χ3n) is 3.38. The maximum atomic E-state index is 13.5. The van der Waals surface area contributed by atoms with Crippen molar-refractivity contribution >= 4 is 21.8 Å². The van der Waals surface area contributed by atoms with E-state index in [1.54, 1.807) is 6.07 Å². The van der Waals surface area contributed by atoms with Crippen molar-refractivity contribution in [2.24, 2.45) is 11.7 Å². The van der Waals surface area contributed by atoms with E-state index in [4.69, 9.17) is 10.5 Å². The number of carbonyl (C=O) groups excluding carboxylic acids is 1. The van der Waals surface area contributed by atoms with Crippen LogP contribution >= 0.6 is 15.9 Å². The number of rotatable bonds is 6. The zero-order valence-electron chi connectivity index (χ0n) is 11.9. The zero-order valence-corrected chi connectivity index (χ0v) is 13.5. The molecule has 0 radical (unpaired) electrons. The maximum Gasteiger partial charge on any atom is 0.258 e. The fourth-order valence-corrected chi connectivity index (χ4v) is 1.85. The number of benzene rings is 1. The van der Waals surface area contributed by atoms with Crippen molar-refractivity contribution in [3.05, 3.63) is 28.5 Å². The summed E-state index contributed by atoms with van der Waals surface area (Å²) in [6.07, 6.45) is 0. The summed E-state index contributed by atoms with van der Waals surface area (Å²) < 4.78 is 19.3. The summed E-state index contributed by atoms with van der Waals surface area (Å²) in [5.74, 6) is -0.616. The van der Waals surface area contributed by atoms with Gasteiger partial charge in [0.1, 0.15) is 0 Å². The van der Waals surface area contributed by atoms with Crippen molar-refractivity contribution in [1.29, 1.82) is 0 Å². The topological polar surface area (TPSA) is 64.3 Å². The zero-order chi connectivity index (χ0) is 15.3. The van der Waals surface area contributed by atoms with Gasteiger partial charge in [-0.05, 0) is 31.0 Å². The first-order valence-electron chi connectivity index (χ1n) is 6.37. The first-order chi connectivity index (χ1) is 9.28. The van der Waals surface area contributed by atoms with Crippen LogP contribution in [0.5, 0.6) is 5.75 Å². The Hall–Kier alpha value is -1.14. The molecule has 6 heteroatoms. The van der Waals surface area contributed by atoms with E-state index in [0.717, 1.165) is 0 Å². The number of hydrogen-bond donors (Lipinski definition) is 2. The van der Waals surface area contributed by atoms with Crippen LogP contribution in [0.4, 0.5) is 4.39 Å². The molecule has 1 atom stereocenters. The lowest BCUT2D eigenvalue weighted by molar-refractivity contribution is -0.125. The second kappa shape index (κ2) is 7.04. The highest BCUT2D eigenvalue weighted by atomic mass is 79.9. The van der Waals surface area contributed by atoms with Crippen molar-refractivity contribution in [2.75, 3.05) is 13.2 Å². The molecular weight excluding hydrogens is 327 g/mol. The van der Waals surface area contributed by atoms with Gasteiger partial charge in [0.15, 0.2) is 18.2 Å². The Bertz CT molecular complexity index is 482. The van der Waals surface area contributed by atoms with Crippen LogP contribution in [-0.2, 0) is 4.79 Å². The fraction of sp³-hybridized carbons (Fsp3) is 0.500. The van der Waals surface area contributed by atoms with Crippen LogP contribution in [-0.4, -0.2) is 24.6 Å². The maximum absolute atomic E-state index is 13.5. The highest BCUT2D eigenvalue weighted by Gasteiger charge is 2.28. The highest BCUT2D eigenvalue weighted by Crippen LogP contribution is 2.21. The first kappa shape index (κ1) is 16.9. The predicted octanol–water partition coefficient (Wildman–Crippen LogP) is 2.46. The fourth-order valence-electron chi connectivity index (χ4n) is 1.52. The molecule has 0 aromatic heterocycles. The molecule has 1 unspecified atom stereocenters. The van der Waals surface area contributed by atoms with E-state index in [2.05, 4.69) is 21.2 Å². The molecule has 0 saturated heterocycles. The van der Waals surface area contributed by atoms with E-state index in [1.165, 1.54) is 12.1 Å². The van der Waals surface area contributed by atoms with Crippen LogP contribution < -0.4 is 15.8 Å². The summed E-state index contributed by atoms with van der Waals surface area (Å²) in [6, 6.07) is 4.40. The van der Waals surface area contributed by atoms with Crippen molar-refractivity contribution in [3.63, 3.8) is 0 Å². The van der Waals surface area contributed by atoms with Crippen LogP contribution in [0.3, 0.4) is 0 Å². The molecule has 0 aliphatic carbocycles. The average molecular weight is 347 g/mol. The SMILES string of the molecule is CC(C)C(C)(CN)NC(=O)COc1ccc(Br)cc1F. The van der Waals surface area contributed by atoms with Crippen LogP contribution in [0.15, 0.2) is 22.7 Å². The van der Waals surface area contributed by atoms with Gasteiger partial charge in [-0.15, -0.1) is 0 Å². The minimum atomic E-state index is -0.516. The smallest absolute Gasteiger partial charge is 0.258 e. The Labute approximate surface area is 127 Å². The van der Waals surface area contributed by atoms with Gasteiger partial charge in [-0.3, -0.25) is 4.79 Å². The largest absolute Gasteiger partial charge is 0.481 e. The number of nitrogens with two attached hydrogens (primary N) is 1. The summed E-state index contributed by atoms with van der Waals surface area (Å²) in [5, 5.41) is 2.82. The molecule has 0 aliphatic rings. The molecule has 1 aromatic carbocycles. The van der Waals surface area contributed by atoms with Gasteiger partial charge in [-0.2, -0.15) is 0 Å². The van der Waals surface area contributed by atoms with Crippen molar-refractivity contribution in [1.82, 2.24) is 5.32 Å². The predicted molar refractivity (Wildman–Crippen MR) is 80.0 cm³/mol. The molecule has 0 heterocycles. The molecule has 0 spiro atoms. The number of halogens is 2. The van der Waals surface area contributed by atoms with Crippen LogP contribution in [0.2, 0.25) is 0 Å². The molecule has 1 rings (SSSR count). The lowest BCUT2D eigenvalue weighted by atomic mass is 9.88. The third-order valence-corrected chi connectivity index (χ3v) is 3.87. The molecule has 0 fully saturated rings. The summed E-state index contributed by atoms with van der Waals surface area (Å²) in [7, 11) is 0. The Morgan fingerprint density at radius 1 is 1.55 bits per heavy atom. The van der Waals surface area contributed by atoms with E-state index in [9.17, 15) is 9.18 Å². The Kier molecular flexibility index (Phi) is 5.95. The number of amides is 1. The molecule has 1 amide bonds. The summed E-state index contributed by atoms with van der Waals surface area (Å²) in [5.41, 5.74) is 5.18. The Morgan fingerprint density at radius 3 is 2.70 bits per heavy atom. The van der Waals surface area contributed by atoms with Gasteiger partial charge < -0.3 is 15.8 Å². The molecule has 0 aliphatic heterocycles. The summed E-state index contributed by atoms with van der Waals surface area (Å²) in [4.78, 5) is 11.9. The minimum Gasteiger partial charge on any atom is -0.481 e. The van der Waals surface area contributed by atoms with Crippen molar-refractivity contribution in [3.8, 4) is 5.75 Å². The Morgan fingerprint density at radius 2 is 2.20 bits per heavy atom. The minimum absolute atomic E-state index is 0.0438. The second-order valence-corrected chi connectivity index (χ2v) is 6.10. The van der Waals surface area contributed by atoms with E-state index < -0.39 is 11.4 Å². The van der Waals surface area contributed by atoms with Gasteiger partial charge in [-0.1, -0.05) is 29.8 Å². The van der Waals surface area contributed by atoms with Gasteiger partial charge in [0.05, 0.1) is 5.54 Å². The summed E-state index contributed by atoms with van der Waals surface area (Å²) >= 11 is 3.15. The first-order valence-corrected chi connectivity index (χ1v) is 7.16. The monoisotopic (exact) mass is 346 g/mol. The molecule has 4 nitrogen and oxygen atoms in total. The van der Waals surface area contributed by atoms with Gasteiger partial charge in [0.2, 0.25) is 0 Å². The third kappa shape index (κ3) is 4.45. The van der Waals surface area contributed by atoms with Gasteiger partial charge in [0, 0.05) is 11.0 Å². The van der Waals surface area contributed by atoms with Crippen molar-refractivity contribution < 1.29 is 13.9 Å². The van der Waals surface area contributed by atoms with E-state index >= 15 is 0 Å². The van der Waals surface area contributed by atoms with Crippen LogP contribution in [0.25, 0.3) is 0 Å². The molecule has 1 aromatic rings. The molecule has 0 bridgehead atoms. The van der Waals surface area contributed by atoms with E-state index in [-0.39, 0.29) is 24.2 Å². The number of ether oxygens (including phenoxy) is 1.